The second-order valence-corrected chi connectivity index (χ2v) is 9.85. The monoisotopic (exact) mass is 420 g/mol. The Balaban J connectivity index is 1.89. The predicted octanol–water partition coefficient (Wildman–Crippen LogP) is 4.63. The average molecular weight is 421 g/mol. The van der Waals surface area contributed by atoms with E-state index in [9.17, 15) is 13.2 Å². The maximum absolute atomic E-state index is 13.0. The smallest absolute Gasteiger partial charge is 0.255 e. The van der Waals surface area contributed by atoms with Gasteiger partial charge in [0, 0.05) is 29.4 Å². The van der Waals surface area contributed by atoms with E-state index in [1.807, 2.05) is 13.0 Å². The third-order valence-electron chi connectivity index (χ3n) is 5.28. The van der Waals surface area contributed by atoms with Gasteiger partial charge >= 0.3 is 0 Å². The highest BCUT2D eigenvalue weighted by molar-refractivity contribution is 7.89. The van der Waals surface area contributed by atoms with Gasteiger partial charge in [0.2, 0.25) is 10.0 Å². The van der Waals surface area contributed by atoms with Crippen molar-refractivity contribution in [3.63, 3.8) is 0 Å². The highest BCUT2D eigenvalue weighted by atomic mass is 35.5. The molecule has 1 heterocycles. The molecule has 0 saturated carbocycles. The number of benzene rings is 2. The van der Waals surface area contributed by atoms with E-state index >= 15 is 0 Å². The molecule has 2 aromatic rings. The van der Waals surface area contributed by atoms with Crippen molar-refractivity contribution >= 4 is 33.2 Å². The normalized spacial score (nSPS) is 16.1. The zero-order valence-corrected chi connectivity index (χ0v) is 17.9. The average Bonchev–Trinajstić information content (AvgIpc) is 2.65. The summed E-state index contributed by atoms with van der Waals surface area (Å²) in [5.74, 6) is 0.180. The van der Waals surface area contributed by atoms with E-state index in [2.05, 4.69) is 12.2 Å². The van der Waals surface area contributed by atoms with E-state index in [0.29, 0.717) is 40.8 Å². The predicted molar refractivity (Wildman–Crippen MR) is 112 cm³/mol. The Morgan fingerprint density at radius 1 is 1.07 bits per heavy atom. The highest BCUT2D eigenvalue weighted by Crippen LogP contribution is 2.26. The molecule has 0 aromatic heterocycles. The van der Waals surface area contributed by atoms with Crippen LogP contribution in [0.25, 0.3) is 0 Å². The highest BCUT2D eigenvalue weighted by Gasteiger charge is 2.29. The molecule has 0 radical (unpaired) electrons. The van der Waals surface area contributed by atoms with Gasteiger partial charge in [-0.25, -0.2) is 8.42 Å². The van der Waals surface area contributed by atoms with Crippen LogP contribution in [0.15, 0.2) is 41.3 Å². The Morgan fingerprint density at radius 3 is 2.39 bits per heavy atom. The van der Waals surface area contributed by atoms with Crippen LogP contribution < -0.4 is 5.32 Å². The lowest BCUT2D eigenvalue weighted by Crippen LogP contribution is -2.38. The van der Waals surface area contributed by atoms with Crippen molar-refractivity contribution in [2.75, 3.05) is 18.4 Å². The van der Waals surface area contributed by atoms with Gasteiger partial charge in [-0.05, 0) is 68.0 Å². The van der Waals surface area contributed by atoms with Gasteiger partial charge in [0.05, 0.1) is 4.90 Å². The minimum absolute atomic E-state index is 0.153. The summed E-state index contributed by atoms with van der Waals surface area (Å²) in [5.41, 5.74) is 2.53. The van der Waals surface area contributed by atoms with Crippen LogP contribution in [0.4, 0.5) is 5.69 Å². The molecule has 1 N–H and O–H groups in total. The van der Waals surface area contributed by atoms with Crippen LogP contribution in [0, 0.1) is 19.8 Å². The van der Waals surface area contributed by atoms with Crippen molar-refractivity contribution in [3.05, 3.63) is 58.1 Å². The molecule has 2 aromatic carbocycles. The Hall–Kier alpha value is -1.89. The quantitative estimate of drug-likeness (QED) is 0.784. The zero-order chi connectivity index (χ0) is 20.5. The molecule has 3 rings (SSSR count). The van der Waals surface area contributed by atoms with Crippen LogP contribution in [0.2, 0.25) is 5.02 Å². The molecule has 1 aliphatic rings. The molecule has 28 heavy (non-hydrogen) atoms. The van der Waals surface area contributed by atoms with E-state index in [4.69, 9.17) is 11.6 Å². The van der Waals surface area contributed by atoms with Gasteiger partial charge in [0.1, 0.15) is 0 Å². The molecular formula is C21H25ClN2O3S. The number of nitrogens with zero attached hydrogens (tertiary/aromatic N) is 1. The van der Waals surface area contributed by atoms with Crippen LogP contribution in [0.5, 0.6) is 0 Å². The van der Waals surface area contributed by atoms with Crippen molar-refractivity contribution in [1.29, 1.82) is 0 Å². The second kappa shape index (κ2) is 8.23. The fourth-order valence-corrected chi connectivity index (χ4v) is 4.97. The van der Waals surface area contributed by atoms with Crippen molar-refractivity contribution in [2.24, 2.45) is 5.92 Å². The maximum atomic E-state index is 13.0. The van der Waals surface area contributed by atoms with Gasteiger partial charge in [0.25, 0.3) is 5.91 Å². The third kappa shape index (κ3) is 4.40. The molecule has 0 unspecified atom stereocenters. The Morgan fingerprint density at radius 2 is 1.71 bits per heavy atom. The lowest BCUT2D eigenvalue weighted by atomic mass is 10.0. The first-order valence-corrected chi connectivity index (χ1v) is 11.2. The first-order valence-electron chi connectivity index (χ1n) is 9.37. The van der Waals surface area contributed by atoms with Crippen LogP contribution in [-0.2, 0) is 10.0 Å². The van der Waals surface area contributed by atoms with Gasteiger partial charge in [-0.2, -0.15) is 4.31 Å². The van der Waals surface area contributed by atoms with Gasteiger partial charge in [-0.15, -0.1) is 0 Å². The Kier molecular flexibility index (Phi) is 6.12. The Bertz CT molecular complexity index is 997. The lowest BCUT2D eigenvalue weighted by Gasteiger charge is -2.29. The number of hydrogen-bond donors (Lipinski definition) is 1. The van der Waals surface area contributed by atoms with E-state index in [1.165, 1.54) is 10.4 Å². The first kappa shape index (κ1) is 20.8. The molecule has 1 aliphatic heterocycles. The summed E-state index contributed by atoms with van der Waals surface area (Å²) in [6, 6.07) is 9.98. The summed E-state index contributed by atoms with van der Waals surface area (Å²) in [4.78, 5) is 13.0. The van der Waals surface area contributed by atoms with Gasteiger partial charge < -0.3 is 5.32 Å². The molecule has 5 nitrogen and oxygen atoms in total. The summed E-state index contributed by atoms with van der Waals surface area (Å²) >= 11 is 6.02. The number of carbonyl (C=O) groups is 1. The van der Waals surface area contributed by atoms with Crippen molar-refractivity contribution < 1.29 is 13.2 Å². The van der Waals surface area contributed by atoms with E-state index in [-0.39, 0.29) is 10.8 Å². The molecular weight excluding hydrogens is 396 g/mol. The zero-order valence-electron chi connectivity index (χ0n) is 16.3. The SMILES string of the molecule is Cc1ccc(Cl)cc1NC(=O)c1cc(S(=O)(=O)N2CCC(C)CC2)ccc1C. The number of aryl methyl sites for hydroxylation is 2. The number of rotatable bonds is 4. The fourth-order valence-electron chi connectivity index (χ4n) is 3.30. The summed E-state index contributed by atoms with van der Waals surface area (Å²) in [5, 5.41) is 3.36. The second-order valence-electron chi connectivity index (χ2n) is 7.48. The summed E-state index contributed by atoms with van der Waals surface area (Å²) in [7, 11) is -3.61. The molecule has 1 saturated heterocycles. The third-order valence-corrected chi connectivity index (χ3v) is 7.41. The maximum Gasteiger partial charge on any atom is 0.255 e. The molecule has 150 valence electrons. The van der Waals surface area contributed by atoms with E-state index in [0.717, 1.165) is 18.4 Å². The van der Waals surface area contributed by atoms with Crippen LogP contribution in [0.3, 0.4) is 0 Å². The number of sulfonamides is 1. The minimum atomic E-state index is -3.61. The summed E-state index contributed by atoms with van der Waals surface area (Å²) in [6.07, 6.45) is 1.71. The minimum Gasteiger partial charge on any atom is -0.322 e. The number of anilines is 1. The van der Waals surface area contributed by atoms with Crippen LogP contribution in [-0.4, -0.2) is 31.7 Å². The number of halogens is 1. The number of piperidine rings is 1. The number of nitrogens with one attached hydrogen (secondary N) is 1. The Labute approximate surface area is 171 Å². The molecule has 0 bridgehead atoms. The van der Waals surface area contributed by atoms with Crippen LogP contribution in [0.1, 0.15) is 41.3 Å². The number of hydrogen-bond acceptors (Lipinski definition) is 3. The van der Waals surface area contributed by atoms with Crippen molar-refractivity contribution in [1.82, 2.24) is 4.31 Å². The number of amides is 1. The first-order chi connectivity index (χ1) is 13.2. The van der Waals surface area contributed by atoms with Gasteiger partial charge in [0.15, 0.2) is 0 Å². The van der Waals surface area contributed by atoms with Crippen LogP contribution >= 0.6 is 11.6 Å². The van der Waals surface area contributed by atoms with Gasteiger partial charge in [-0.3, -0.25) is 4.79 Å². The van der Waals surface area contributed by atoms with E-state index in [1.54, 1.807) is 31.2 Å². The molecule has 1 fully saturated rings. The van der Waals surface area contributed by atoms with Crippen molar-refractivity contribution in [2.45, 2.75) is 38.5 Å². The fraction of sp³-hybridized carbons (Fsp3) is 0.381. The molecule has 1 amide bonds. The molecule has 7 heteroatoms. The van der Waals surface area contributed by atoms with E-state index < -0.39 is 10.0 Å². The number of carbonyl (C=O) groups excluding carboxylic acids is 1. The van der Waals surface area contributed by atoms with Crippen molar-refractivity contribution in [3.8, 4) is 0 Å². The summed E-state index contributed by atoms with van der Waals surface area (Å²) in [6.45, 7) is 6.83. The lowest BCUT2D eigenvalue weighted by molar-refractivity contribution is 0.102. The molecule has 0 aliphatic carbocycles. The molecule has 0 atom stereocenters. The molecule has 0 spiro atoms. The standard InChI is InChI=1S/C21H25ClN2O3S/c1-14-8-10-24(11-9-14)28(26,27)18-7-5-15(2)19(13-18)21(25)23-20-12-17(22)6-4-16(20)3/h4-7,12-14H,8-11H2,1-3H3,(H,23,25). The van der Waals surface area contributed by atoms with Gasteiger partial charge in [-0.1, -0.05) is 30.7 Å². The topological polar surface area (TPSA) is 66.5 Å². The largest absolute Gasteiger partial charge is 0.322 e. The summed E-state index contributed by atoms with van der Waals surface area (Å²) < 4.78 is 27.5.